The lowest BCUT2D eigenvalue weighted by molar-refractivity contribution is -0.148. The lowest BCUT2D eigenvalue weighted by Crippen LogP contribution is -2.48. The lowest BCUT2D eigenvalue weighted by Gasteiger charge is -2.30. The standard InChI is InChI=1S/C29H28ClN3O7/c1-3-20-14-19(15-25(26(31)35)32(17(2)34)16-18-8-11-21(30)12-9-18)10-13-23(20)33(27(36)29(39)40)24-7-5-4-6-22(24)28(37)38/h4-14,25H,3,15-16H2,1-2H3,(H2,31,35)(H,37,38)(H,39,40)/t25-/m0/s1. The van der Waals surface area contributed by atoms with Gasteiger partial charge in [0.15, 0.2) is 0 Å². The zero-order chi connectivity index (χ0) is 29.6. The molecule has 0 saturated carbocycles. The van der Waals surface area contributed by atoms with E-state index in [9.17, 15) is 34.2 Å². The summed E-state index contributed by atoms with van der Waals surface area (Å²) in [5, 5.41) is 19.7. The van der Waals surface area contributed by atoms with E-state index >= 15 is 0 Å². The molecule has 3 rings (SSSR count). The van der Waals surface area contributed by atoms with Gasteiger partial charge in [0.2, 0.25) is 11.8 Å². The number of nitrogens with zero attached hydrogens (tertiary/aromatic N) is 2. The molecule has 3 aromatic rings. The summed E-state index contributed by atoms with van der Waals surface area (Å²) < 4.78 is 0. The van der Waals surface area contributed by atoms with Crippen molar-refractivity contribution >= 4 is 52.6 Å². The van der Waals surface area contributed by atoms with Gasteiger partial charge in [0.25, 0.3) is 0 Å². The Hall–Kier alpha value is -4.70. The molecule has 4 N–H and O–H groups in total. The summed E-state index contributed by atoms with van der Waals surface area (Å²) in [7, 11) is 0. The molecule has 0 fully saturated rings. The number of hydrogen-bond acceptors (Lipinski definition) is 5. The normalized spacial score (nSPS) is 11.4. The van der Waals surface area contributed by atoms with Gasteiger partial charge in [0.1, 0.15) is 6.04 Å². The molecule has 208 valence electrons. The van der Waals surface area contributed by atoms with Crippen molar-refractivity contribution in [2.75, 3.05) is 4.90 Å². The van der Waals surface area contributed by atoms with Gasteiger partial charge in [-0.1, -0.05) is 54.9 Å². The number of amides is 3. The summed E-state index contributed by atoms with van der Waals surface area (Å²) in [6.07, 6.45) is 0.388. The number of carbonyl (C=O) groups excluding carboxylic acids is 3. The van der Waals surface area contributed by atoms with E-state index in [2.05, 4.69) is 0 Å². The summed E-state index contributed by atoms with van der Waals surface area (Å²) >= 11 is 5.95. The van der Waals surface area contributed by atoms with E-state index in [0.717, 1.165) is 10.5 Å². The summed E-state index contributed by atoms with van der Waals surface area (Å²) in [5.74, 6) is -5.52. The molecule has 3 amide bonds. The van der Waals surface area contributed by atoms with Crippen molar-refractivity contribution < 1.29 is 34.2 Å². The second kappa shape index (κ2) is 12.9. The molecule has 0 saturated heterocycles. The minimum absolute atomic E-state index is 0.0500. The highest BCUT2D eigenvalue weighted by Crippen LogP contribution is 2.33. The van der Waals surface area contributed by atoms with E-state index < -0.39 is 29.8 Å². The SMILES string of the molecule is CCc1cc(C[C@@H](C(N)=O)N(Cc2ccc(Cl)cc2)C(C)=O)ccc1N(C(=O)C(=O)O)c1ccccc1C(=O)O. The number of halogens is 1. The Morgan fingerprint density at radius 1 is 0.900 bits per heavy atom. The molecule has 0 aromatic heterocycles. The molecule has 1 atom stereocenters. The largest absolute Gasteiger partial charge is 0.478 e. The maximum absolute atomic E-state index is 12.8. The first-order valence-electron chi connectivity index (χ1n) is 12.3. The number of rotatable bonds is 10. The van der Waals surface area contributed by atoms with Crippen molar-refractivity contribution in [3.8, 4) is 0 Å². The third-order valence-electron chi connectivity index (χ3n) is 6.33. The fraction of sp³-hybridized carbons (Fsp3) is 0.207. The summed E-state index contributed by atoms with van der Waals surface area (Å²) in [6, 6.07) is 16.2. The Morgan fingerprint density at radius 2 is 1.52 bits per heavy atom. The van der Waals surface area contributed by atoms with E-state index in [-0.39, 0.29) is 35.8 Å². The van der Waals surface area contributed by atoms with Gasteiger partial charge in [-0.15, -0.1) is 0 Å². The Morgan fingerprint density at radius 3 is 2.08 bits per heavy atom. The Kier molecular flexibility index (Phi) is 9.63. The quantitative estimate of drug-likeness (QED) is 0.315. The number of aromatic carboxylic acids is 1. The van der Waals surface area contributed by atoms with E-state index in [1.54, 1.807) is 43.3 Å². The number of para-hydroxylation sites is 1. The van der Waals surface area contributed by atoms with Crippen molar-refractivity contribution in [2.45, 2.75) is 39.3 Å². The molecular formula is C29H28ClN3O7. The maximum Gasteiger partial charge on any atom is 0.395 e. The molecule has 0 aliphatic rings. The van der Waals surface area contributed by atoms with Crippen LogP contribution < -0.4 is 10.6 Å². The van der Waals surface area contributed by atoms with Crippen molar-refractivity contribution in [3.05, 3.63) is 94.0 Å². The van der Waals surface area contributed by atoms with Gasteiger partial charge >= 0.3 is 17.8 Å². The van der Waals surface area contributed by atoms with E-state index in [1.807, 2.05) is 0 Å². The number of carboxylic acid groups (broad SMARTS) is 2. The van der Waals surface area contributed by atoms with Crippen LogP contribution in [0.3, 0.4) is 0 Å². The van der Waals surface area contributed by atoms with Crippen LogP contribution in [-0.2, 0) is 38.6 Å². The number of hydrogen-bond donors (Lipinski definition) is 3. The van der Waals surface area contributed by atoms with Crippen LogP contribution in [0, 0.1) is 0 Å². The van der Waals surface area contributed by atoms with Gasteiger partial charge in [-0.2, -0.15) is 0 Å². The molecule has 0 bridgehead atoms. The Labute approximate surface area is 235 Å². The maximum atomic E-state index is 12.8. The van der Waals surface area contributed by atoms with Crippen LogP contribution in [0.2, 0.25) is 5.02 Å². The number of carboxylic acids is 2. The smallest absolute Gasteiger partial charge is 0.395 e. The molecule has 11 heteroatoms. The first-order chi connectivity index (χ1) is 18.9. The molecule has 0 aliphatic carbocycles. The fourth-order valence-corrected chi connectivity index (χ4v) is 4.50. The van der Waals surface area contributed by atoms with Crippen molar-refractivity contribution in [1.82, 2.24) is 4.90 Å². The van der Waals surface area contributed by atoms with Gasteiger partial charge < -0.3 is 20.8 Å². The van der Waals surface area contributed by atoms with Crippen molar-refractivity contribution in [3.63, 3.8) is 0 Å². The topological polar surface area (TPSA) is 158 Å². The first kappa shape index (κ1) is 29.9. The summed E-state index contributed by atoms with van der Waals surface area (Å²) in [4.78, 5) is 63.6. The number of anilines is 2. The second-order valence-corrected chi connectivity index (χ2v) is 9.42. The fourth-order valence-electron chi connectivity index (χ4n) is 4.38. The van der Waals surface area contributed by atoms with Gasteiger partial charge in [0, 0.05) is 24.9 Å². The van der Waals surface area contributed by atoms with Crippen LogP contribution in [0.5, 0.6) is 0 Å². The van der Waals surface area contributed by atoms with Crippen LogP contribution in [-0.4, -0.2) is 50.8 Å². The number of aliphatic carboxylic acids is 1. The van der Waals surface area contributed by atoms with Crippen LogP contribution in [0.25, 0.3) is 0 Å². The third kappa shape index (κ3) is 6.83. The second-order valence-electron chi connectivity index (χ2n) is 8.98. The number of nitrogens with two attached hydrogens (primary N) is 1. The summed E-state index contributed by atoms with van der Waals surface area (Å²) in [6.45, 7) is 3.23. The predicted octanol–water partition coefficient (Wildman–Crippen LogP) is 3.80. The minimum Gasteiger partial charge on any atom is -0.478 e. The van der Waals surface area contributed by atoms with Gasteiger partial charge in [-0.05, 0) is 53.4 Å². The zero-order valence-electron chi connectivity index (χ0n) is 21.8. The molecule has 0 unspecified atom stereocenters. The average Bonchev–Trinajstić information content (AvgIpc) is 2.92. The summed E-state index contributed by atoms with van der Waals surface area (Å²) in [5.41, 5.74) is 7.39. The van der Waals surface area contributed by atoms with Crippen molar-refractivity contribution in [2.24, 2.45) is 5.73 Å². The Balaban J connectivity index is 2.04. The highest BCUT2D eigenvalue weighted by Gasteiger charge is 2.31. The third-order valence-corrected chi connectivity index (χ3v) is 6.58. The molecule has 0 spiro atoms. The van der Waals surface area contributed by atoms with Crippen molar-refractivity contribution in [1.29, 1.82) is 0 Å². The molecule has 10 nitrogen and oxygen atoms in total. The van der Waals surface area contributed by atoms with Gasteiger partial charge in [-0.3, -0.25) is 19.3 Å². The zero-order valence-corrected chi connectivity index (χ0v) is 22.6. The molecule has 3 aromatic carbocycles. The lowest BCUT2D eigenvalue weighted by atomic mass is 9.98. The van der Waals surface area contributed by atoms with Gasteiger partial charge in [-0.25, -0.2) is 9.59 Å². The van der Waals surface area contributed by atoms with Crippen LogP contribution in [0.15, 0.2) is 66.7 Å². The van der Waals surface area contributed by atoms with Crippen LogP contribution in [0.1, 0.15) is 40.9 Å². The highest BCUT2D eigenvalue weighted by atomic mass is 35.5. The van der Waals surface area contributed by atoms with Crippen LogP contribution in [0.4, 0.5) is 11.4 Å². The molecule has 40 heavy (non-hydrogen) atoms. The highest BCUT2D eigenvalue weighted by molar-refractivity contribution is 6.39. The average molecular weight is 566 g/mol. The minimum atomic E-state index is -1.76. The number of primary amides is 1. The first-order valence-corrected chi connectivity index (χ1v) is 12.6. The number of carbonyl (C=O) groups is 5. The monoisotopic (exact) mass is 565 g/mol. The molecule has 0 radical (unpaired) electrons. The molecule has 0 heterocycles. The van der Waals surface area contributed by atoms with E-state index in [1.165, 1.54) is 42.2 Å². The van der Waals surface area contributed by atoms with Crippen LogP contribution >= 0.6 is 11.6 Å². The van der Waals surface area contributed by atoms with E-state index in [0.29, 0.717) is 22.6 Å². The predicted molar refractivity (Wildman–Crippen MR) is 148 cm³/mol. The van der Waals surface area contributed by atoms with E-state index in [4.69, 9.17) is 17.3 Å². The molecular weight excluding hydrogens is 538 g/mol. The number of aryl methyl sites for hydroxylation is 1. The number of benzene rings is 3. The van der Waals surface area contributed by atoms with Gasteiger partial charge in [0.05, 0.1) is 16.9 Å². The molecule has 0 aliphatic heterocycles. The Bertz CT molecular complexity index is 1460.